The maximum absolute atomic E-state index is 6.18. The molecule has 0 fully saturated rings. The molecule has 1 heterocycles. The first kappa shape index (κ1) is 13.4. The van der Waals surface area contributed by atoms with Gasteiger partial charge in [0.15, 0.2) is 0 Å². The lowest BCUT2D eigenvalue weighted by atomic mass is 10.0. The van der Waals surface area contributed by atoms with E-state index in [1.807, 2.05) is 24.3 Å². The molecule has 1 nitrogen and oxygen atoms in total. The Hall–Kier alpha value is -1.05. The minimum atomic E-state index is 0.428. The minimum Gasteiger partial charge on any atom is -0.256 e. The van der Waals surface area contributed by atoms with Gasteiger partial charge in [-0.3, -0.25) is 4.98 Å². The van der Waals surface area contributed by atoms with E-state index in [1.165, 1.54) is 5.57 Å². The molecular formula is C15H15Cl2N. The van der Waals surface area contributed by atoms with Crippen LogP contribution in [0.4, 0.5) is 0 Å². The number of hydrogen-bond acceptors (Lipinski definition) is 1. The average Bonchev–Trinajstić information content (AvgIpc) is 2.38. The Morgan fingerprint density at radius 1 is 1.33 bits per heavy atom. The van der Waals surface area contributed by atoms with Gasteiger partial charge in [-0.05, 0) is 24.1 Å². The van der Waals surface area contributed by atoms with Crippen molar-refractivity contribution in [2.45, 2.75) is 13.8 Å². The number of allylic oxidation sites excluding steroid dienone is 1. The molecule has 0 radical (unpaired) electrons. The van der Waals surface area contributed by atoms with Crippen LogP contribution in [0.1, 0.15) is 19.4 Å². The predicted molar refractivity (Wildman–Crippen MR) is 80.3 cm³/mol. The van der Waals surface area contributed by atoms with E-state index in [0.29, 0.717) is 11.8 Å². The molecular weight excluding hydrogens is 265 g/mol. The van der Waals surface area contributed by atoms with Crippen LogP contribution < -0.4 is 0 Å². The molecule has 0 N–H and O–H groups in total. The third-order valence-corrected chi connectivity index (χ3v) is 3.62. The van der Waals surface area contributed by atoms with Gasteiger partial charge in [0.05, 0.1) is 10.5 Å². The van der Waals surface area contributed by atoms with E-state index in [-0.39, 0.29) is 0 Å². The summed E-state index contributed by atoms with van der Waals surface area (Å²) in [6.45, 7) is 4.28. The first-order chi connectivity index (χ1) is 8.63. The van der Waals surface area contributed by atoms with Crippen molar-refractivity contribution in [2.75, 3.05) is 5.88 Å². The van der Waals surface area contributed by atoms with Crippen LogP contribution in [0.15, 0.2) is 36.0 Å². The third-order valence-electron chi connectivity index (χ3n) is 2.98. The SMILES string of the molecule is CC(C)/C(=C/c1ccc(Cl)c2cccnc12)CCl. The number of pyridine rings is 1. The largest absolute Gasteiger partial charge is 0.256 e. The van der Waals surface area contributed by atoms with Crippen LogP contribution in [0.5, 0.6) is 0 Å². The fraction of sp³-hybridized carbons (Fsp3) is 0.267. The molecule has 0 bridgehead atoms. The number of hydrogen-bond donors (Lipinski definition) is 0. The smallest absolute Gasteiger partial charge is 0.0789 e. The molecule has 2 aromatic rings. The van der Waals surface area contributed by atoms with E-state index >= 15 is 0 Å². The van der Waals surface area contributed by atoms with Gasteiger partial charge in [-0.1, -0.05) is 43.2 Å². The van der Waals surface area contributed by atoms with Crippen LogP contribution in [0.25, 0.3) is 17.0 Å². The van der Waals surface area contributed by atoms with Crippen molar-refractivity contribution in [1.29, 1.82) is 0 Å². The van der Waals surface area contributed by atoms with Gasteiger partial charge >= 0.3 is 0 Å². The highest BCUT2D eigenvalue weighted by atomic mass is 35.5. The zero-order chi connectivity index (χ0) is 13.1. The fourth-order valence-electron chi connectivity index (χ4n) is 1.84. The molecule has 1 aromatic heterocycles. The van der Waals surface area contributed by atoms with Gasteiger partial charge in [-0.25, -0.2) is 0 Å². The van der Waals surface area contributed by atoms with Gasteiger partial charge in [0, 0.05) is 23.0 Å². The molecule has 0 aliphatic heterocycles. The van der Waals surface area contributed by atoms with E-state index < -0.39 is 0 Å². The lowest BCUT2D eigenvalue weighted by Crippen LogP contribution is -1.95. The van der Waals surface area contributed by atoms with Crippen molar-refractivity contribution in [3.8, 4) is 0 Å². The van der Waals surface area contributed by atoms with Crippen molar-refractivity contribution < 1.29 is 0 Å². The number of rotatable bonds is 3. The lowest BCUT2D eigenvalue weighted by Gasteiger charge is -2.09. The average molecular weight is 280 g/mol. The summed E-state index contributed by atoms with van der Waals surface area (Å²) >= 11 is 12.2. The highest BCUT2D eigenvalue weighted by Crippen LogP contribution is 2.27. The van der Waals surface area contributed by atoms with Crippen LogP contribution >= 0.6 is 23.2 Å². The summed E-state index contributed by atoms with van der Waals surface area (Å²) in [5.74, 6) is 0.964. The molecule has 0 unspecified atom stereocenters. The van der Waals surface area contributed by atoms with Crippen molar-refractivity contribution in [3.05, 3.63) is 46.6 Å². The highest BCUT2D eigenvalue weighted by molar-refractivity contribution is 6.35. The van der Waals surface area contributed by atoms with Crippen molar-refractivity contribution in [2.24, 2.45) is 5.92 Å². The van der Waals surface area contributed by atoms with Crippen LogP contribution in [-0.4, -0.2) is 10.9 Å². The van der Waals surface area contributed by atoms with E-state index in [9.17, 15) is 0 Å². The van der Waals surface area contributed by atoms with E-state index in [0.717, 1.165) is 21.5 Å². The number of nitrogens with zero attached hydrogens (tertiary/aromatic N) is 1. The monoisotopic (exact) mass is 279 g/mol. The van der Waals surface area contributed by atoms with Gasteiger partial charge < -0.3 is 0 Å². The predicted octanol–water partition coefficient (Wildman–Crippen LogP) is 5.17. The summed E-state index contributed by atoms with van der Waals surface area (Å²) in [6.07, 6.45) is 3.90. The summed E-state index contributed by atoms with van der Waals surface area (Å²) in [5, 5.41) is 1.71. The summed E-state index contributed by atoms with van der Waals surface area (Å²) < 4.78 is 0. The quantitative estimate of drug-likeness (QED) is 0.707. The summed E-state index contributed by atoms with van der Waals surface area (Å²) in [5.41, 5.74) is 3.19. The molecule has 0 aliphatic carbocycles. The Bertz CT molecular complexity index is 588. The Morgan fingerprint density at radius 3 is 2.78 bits per heavy atom. The van der Waals surface area contributed by atoms with Gasteiger partial charge in [0.1, 0.15) is 0 Å². The van der Waals surface area contributed by atoms with Crippen molar-refractivity contribution in [1.82, 2.24) is 4.98 Å². The topological polar surface area (TPSA) is 12.9 Å². The highest BCUT2D eigenvalue weighted by Gasteiger charge is 2.07. The van der Waals surface area contributed by atoms with Crippen LogP contribution in [0.3, 0.4) is 0 Å². The number of aromatic nitrogens is 1. The maximum atomic E-state index is 6.18. The first-order valence-electron chi connectivity index (χ1n) is 5.93. The number of alkyl halides is 1. The van der Waals surface area contributed by atoms with Crippen molar-refractivity contribution in [3.63, 3.8) is 0 Å². The van der Waals surface area contributed by atoms with E-state index in [1.54, 1.807) is 6.20 Å². The molecule has 94 valence electrons. The normalized spacial score (nSPS) is 12.4. The third kappa shape index (κ3) is 2.68. The summed E-state index contributed by atoms with van der Waals surface area (Å²) in [7, 11) is 0. The molecule has 1 aromatic carbocycles. The minimum absolute atomic E-state index is 0.428. The van der Waals surface area contributed by atoms with Crippen LogP contribution in [0.2, 0.25) is 5.02 Å². The zero-order valence-corrected chi connectivity index (χ0v) is 12.0. The molecule has 2 rings (SSSR count). The second kappa shape index (κ2) is 5.73. The van der Waals surface area contributed by atoms with Gasteiger partial charge in [0.2, 0.25) is 0 Å². The summed E-state index contributed by atoms with van der Waals surface area (Å²) in [4.78, 5) is 4.42. The first-order valence-corrected chi connectivity index (χ1v) is 6.84. The second-order valence-corrected chi connectivity index (χ2v) is 5.22. The van der Waals surface area contributed by atoms with E-state index in [2.05, 4.69) is 24.9 Å². The van der Waals surface area contributed by atoms with Gasteiger partial charge in [-0.15, -0.1) is 11.6 Å². The van der Waals surface area contributed by atoms with E-state index in [4.69, 9.17) is 23.2 Å². The Balaban J connectivity index is 2.62. The Kier molecular flexibility index (Phi) is 4.26. The van der Waals surface area contributed by atoms with Crippen LogP contribution in [0, 0.1) is 5.92 Å². The summed E-state index contributed by atoms with van der Waals surface area (Å²) in [6, 6.07) is 7.78. The zero-order valence-electron chi connectivity index (χ0n) is 10.5. The molecule has 0 saturated carbocycles. The van der Waals surface area contributed by atoms with Gasteiger partial charge in [0.25, 0.3) is 0 Å². The van der Waals surface area contributed by atoms with Crippen LogP contribution in [-0.2, 0) is 0 Å². The van der Waals surface area contributed by atoms with Gasteiger partial charge in [-0.2, -0.15) is 0 Å². The molecule has 0 amide bonds. The number of benzene rings is 1. The Labute approximate surface area is 117 Å². The number of fused-ring (bicyclic) bond motifs is 1. The second-order valence-electron chi connectivity index (χ2n) is 4.54. The molecule has 0 saturated heterocycles. The lowest BCUT2D eigenvalue weighted by molar-refractivity contribution is 0.778. The van der Waals surface area contributed by atoms with Crippen molar-refractivity contribution >= 4 is 40.2 Å². The molecule has 18 heavy (non-hydrogen) atoms. The number of halogens is 2. The fourth-order valence-corrected chi connectivity index (χ4v) is 2.44. The molecule has 3 heteroatoms. The standard InChI is InChI=1S/C15H15Cl2N/c1-10(2)12(9-16)8-11-5-6-14(17)13-4-3-7-18-15(11)13/h3-8,10H,9H2,1-2H3/b12-8+. The molecule has 0 atom stereocenters. The molecule has 0 spiro atoms. The Morgan fingerprint density at radius 2 is 2.11 bits per heavy atom. The maximum Gasteiger partial charge on any atom is 0.0789 e. The molecule has 0 aliphatic rings.